The molecule has 1 aliphatic heterocycles. The first-order valence-electron chi connectivity index (χ1n) is 11.6. The number of esters is 2. The van der Waals surface area contributed by atoms with E-state index in [0.717, 1.165) is 4.47 Å². The molecule has 0 bridgehead atoms. The van der Waals surface area contributed by atoms with Gasteiger partial charge in [0.1, 0.15) is 17.2 Å². The number of ether oxygens (including phenoxy) is 4. The van der Waals surface area contributed by atoms with Crippen LogP contribution in [0.1, 0.15) is 27.1 Å². The lowest BCUT2D eigenvalue weighted by atomic mass is 10.1. The van der Waals surface area contributed by atoms with Gasteiger partial charge in [0.15, 0.2) is 12.4 Å². The highest BCUT2D eigenvalue weighted by atomic mass is 79.9. The van der Waals surface area contributed by atoms with Crippen molar-refractivity contribution in [2.24, 2.45) is 5.92 Å². The molecule has 0 spiro atoms. The maximum absolute atomic E-state index is 12.6. The zero-order valence-electron chi connectivity index (χ0n) is 20.6. The van der Waals surface area contributed by atoms with E-state index in [4.69, 9.17) is 18.9 Å². The largest absolute Gasteiger partial charge is 0.497 e. The van der Waals surface area contributed by atoms with Gasteiger partial charge >= 0.3 is 11.9 Å². The number of amides is 1. The van der Waals surface area contributed by atoms with E-state index >= 15 is 0 Å². The second-order valence-corrected chi connectivity index (χ2v) is 9.31. The lowest BCUT2D eigenvalue weighted by molar-refractivity contribution is -0.147. The maximum atomic E-state index is 12.6. The molecule has 0 saturated carbocycles. The van der Waals surface area contributed by atoms with Crippen LogP contribution >= 0.6 is 15.9 Å². The summed E-state index contributed by atoms with van der Waals surface area (Å²) in [5.74, 6) is -1.29. The lowest BCUT2D eigenvalue weighted by Crippen LogP contribution is -2.27. The van der Waals surface area contributed by atoms with Crippen LogP contribution in [0, 0.1) is 5.92 Å². The third-order valence-electron chi connectivity index (χ3n) is 5.95. The first-order chi connectivity index (χ1) is 18.3. The fraction of sp³-hybridized carbons (Fsp3) is 0.214. The smallest absolute Gasteiger partial charge is 0.343 e. The number of hydrogen-bond acceptors (Lipinski definition) is 8. The molecule has 1 amide bonds. The number of Topliss-reactive ketones (excluding diaryl/α,β-unsaturated/α-hetero) is 1. The van der Waals surface area contributed by atoms with Gasteiger partial charge < -0.3 is 23.8 Å². The van der Waals surface area contributed by atoms with Gasteiger partial charge in [-0.2, -0.15) is 0 Å². The normalized spacial score (nSPS) is 14.7. The predicted octanol–water partition coefficient (Wildman–Crippen LogP) is 4.46. The molecule has 4 rings (SSSR count). The zero-order chi connectivity index (χ0) is 27.2. The summed E-state index contributed by atoms with van der Waals surface area (Å²) in [4.78, 5) is 51.5. The van der Waals surface area contributed by atoms with E-state index in [2.05, 4.69) is 15.9 Å². The van der Waals surface area contributed by atoms with Crippen molar-refractivity contribution in [3.05, 3.63) is 82.3 Å². The molecule has 0 aromatic heterocycles. The van der Waals surface area contributed by atoms with Crippen molar-refractivity contribution in [1.29, 1.82) is 0 Å². The van der Waals surface area contributed by atoms with Gasteiger partial charge in [-0.05, 0) is 60.7 Å². The van der Waals surface area contributed by atoms with Crippen LogP contribution in [0.4, 0.5) is 5.69 Å². The minimum Gasteiger partial charge on any atom is -0.497 e. The van der Waals surface area contributed by atoms with Gasteiger partial charge in [-0.3, -0.25) is 14.4 Å². The van der Waals surface area contributed by atoms with Gasteiger partial charge in [-0.1, -0.05) is 15.9 Å². The standard InChI is InChI=1S/C28H24BrNO8/c1-35-22-11-12-23(25(14-22)36-2)30-15-19(13-26(30)32)27(33)37-16-24(31)17-5-9-21(10-6-17)38-28(34)18-3-7-20(29)8-4-18/h3-12,14,19H,13,15-16H2,1-2H3/t19-/m1/s1. The van der Waals surface area contributed by atoms with E-state index in [0.29, 0.717) is 22.7 Å². The number of hydrogen-bond donors (Lipinski definition) is 0. The number of anilines is 1. The minimum atomic E-state index is -0.720. The van der Waals surface area contributed by atoms with Crippen LogP contribution < -0.4 is 19.1 Å². The number of rotatable bonds is 9. The van der Waals surface area contributed by atoms with Gasteiger partial charge in [-0.25, -0.2) is 4.79 Å². The third-order valence-corrected chi connectivity index (χ3v) is 6.48. The molecule has 9 nitrogen and oxygen atoms in total. The van der Waals surface area contributed by atoms with Crippen molar-refractivity contribution < 1.29 is 38.1 Å². The molecular formula is C28H24BrNO8. The van der Waals surface area contributed by atoms with Crippen LogP contribution in [0.25, 0.3) is 0 Å². The molecule has 1 fully saturated rings. The number of ketones is 1. The zero-order valence-corrected chi connectivity index (χ0v) is 22.2. The summed E-state index contributed by atoms with van der Waals surface area (Å²) >= 11 is 3.31. The molecule has 0 radical (unpaired) electrons. The van der Waals surface area contributed by atoms with E-state index < -0.39 is 30.2 Å². The average molecular weight is 582 g/mol. The second-order valence-electron chi connectivity index (χ2n) is 8.39. The van der Waals surface area contributed by atoms with Crippen molar-refractivity contribution >= 4 is 45.2 Å². The number of carbonyl (C=O) groups excluding carboxylic acids is 4. The Morgan fingerprint density at radius 1 is 0.895 bits per heavy atom. The van der Waals surface area contributed by atoms with E-state index in [-0.39, 0.29) is 30.2 Å². The average Bonchev–Trinajstić information content (AvgIpc) is 3.33. The third kappa shape index (κ3) is 6.20. The Hall–Kier alpha value is -4.18. The Balaban J connectivity index is 1.31. The Labute approximate surface area is 227 Å². The Kier molecular flexibility index (Phi) is 8.42. The summed E-state index contributed by atoms with van der Waals surface area (Å²) < 4.78 is 21.9. The highest BCUT2D eigenvalue weighted by Gasteiger charge is 2.37. The first-order valence-corrected chi connectivity index (χ1v) is 12.4. The van der Waals surface area contributed by atoms with Crippen LogP contribution in [0.15, 0.2) is 71.2 Å². The molecular weight excluding hydrogens is 558 g/mol. The molecule has 3 aromatic rings. The fourth-order valence-electron chi connectivity index (χ4n) is 3.90. The molecule has 1 heterocycles. The Morgan fingerprint density at radius 2 is 1.55 bits per heavy atom. The molecule has 1 aliphatic rings. The fourth-order valence-corrected chi connectivity index (χ4v) is 4.17. The highest BCUT2D eigenvalue weighted by molar-refractivity contribution is 9.10. The maximum Gasteiger partial charge on any atom is 0.343 e. The Morgan fingerprint density at radius 3 is 2.21 bits per heavy atom. The Bertz CT molecular complexity index is 1350. The minimum absolute atomic E-state index is 0.0410. The SMILES string of the molecule is COc1ccc(N2C[C@H](C(=O)OCC(=O)c3ccc(OC(=O)c4ccc(Br)cc4)cc3)CC2=O)c(OC)c1. The predicted molar refractivity (Wildman–Crippen MR) is 141 cm³/mol. The molecule has 0 unspecified atom stereocenters. The summed E-state index contributed by atoms with van der Waals surface area (Å²) in [6.45, 7) is -0.375. The van der Waals surface area contributed by atoms with Crippen molar-refractivity contribution in [2.75, 3.05) is 32.3 Å². The van der Waals surface area contributed by atoms with Gasteiger partial charge in [0.25, 0.3) is 0 Å². The van der Waals surface area contributed by atoms with Gasteiger partial charge in [0.2, 0.25) is 5.91 Å². The van der Waals surface area contributed by atoms with Crippen LogP contribution in [-0.4, -0.2) is 51.0 Å². The summed E-state index contributed by atoms with van der Waals surface area (Å²) in [5.41, 5.74) is 1.19. The number of carbonyl (C=O) groups is 4. The van der Waals surface area contributed by atoms with Gasteiger partial charge in [-0.15, -0.1) is 0 Å². The van der Waals surface area contributed by atoms with Crippen LogP contribution in [0.2, 0.25) is 0 Å². The summed E-state index contributed by atoms with van der Waals surface area (Å²) in [6.07, 6.45) is -0.0410. The van der Waals surface area contributed by atoms with Crippen LogP contribution in [0.3, 0.4) is 0 Å². The lowest BCUT2D eigenvalue weighted by Gasteiger charge is -2.20. The summed E-state index contributed by atoms with van der Waals surface area (Å²) in [5, 5.41) is 0. The van der Waals surface area contributed by atoms with Crippen molar-refractivity contribution in [1.82, 2.24) is 0 Å². The number of benzene rings is 3. The molecule has 0 N–H and O–H groups in total. The molecule has 10 heteroatoms. The first kappa shape index (κ1) is 26.9. The number of nitrogens with zero attached hydrogens (tertiary/aromatic N) is 1. The number of methoxy groups -OCH3 is 2. The van der Waals surface area contributed by atoms with Crippen molar-refractivity contribution in [2.45, 2.75) is 6.42 Å². The van der Waals surface area contributed by atoms with Crippen molar-refractivity contribution in [3.63, 3.8) is 0 Å². The van der Waals surface area contributed by atoms with E-state index in [9.17, 15) is 19.2 Å². The number of halogens is 1. The monoisotopic (exact) mass is 581 g/mol. The van der Waals surface area contributed by atoms with Crippen molar-refractivity contribution in [3.8, 4) is 17.2 Å². The van der Waals surface area contributed by atoms with Gasteiger partial charge in [0.05, 0.1) is 31.4 Å². The summed E-state index contributed by atoms with van der Waals surface area (Å²) in [6, 6.07) is 17.7. The van der Waals surface area contributed by atoms with Crippen LogP contribution in [0.5, 0.6) is 17.2 Å². The second kappa shape index (κ2) is 11.9. The molecule has 38 heavy (non-hydrogen) atoms. The quantitative estimate of drug-likeness (QED) is 0.207. The molecule has 1 atom stereocenters. The van der Waals surface area contributed by atoms with Crippen LogP contribution in [-0.2, 0) is 14.3 Å². The van der Waals surface area contributed by atoms with E-state index in [1.807, 2.05) is 0 Å². The summed E-state index contributed by atoms with van der Waals surface area (Å²) in [7, 11) is 3.01. The molecule has 196 valence electrons. The highest BCUT2D eigenvalue weighted by Crippen LogP contribution is 2.36. The van der Waals surface area contributed by atoms with Gasteiger partial charge in [0, 0.05) is 29.1 Å². The molecule has 1 saturated heterocycles. The topological polar surface area (TPSA) is 108 Å². The van der Waals surface area contributed by atoms with E-state index in [1.165, 1.54) is 43.4 Å². The molecule has 0 aliphatic carbocycles. The molecule has 3 aromatic carbocycles. The van der Waals surface area contributed by atoms with E-state index in [1.54, 1.807) is 42.5 Å².